The van der Waals surface area contributed by atoms with Gasteiger partial charge in [0.15, 0.2) is 11.2 Å². The van der Waals surface area contributed by atoms with Crippen molar-refractivity contribution in [2.45, 2.75) is 6.54 Å². The summed E-state index contributed by atoms with van der Waals surface area (Å²) in [5.74, 6) is -0.100. The Hall–Kier alpha value is -3.49. The van der Waals surface area contributed by atoms with Gasteiger partial charge in [-0.2, -0.15) is 0 Å². The molecule has 0 spiro atoms. The SMILES string of the molecule is Cn1c(=O)c2c(ncn2Cc2coc(-c3cccc(F)c3)n2)n(C)c1=O. The van der Waals surface area contributed by atoms with E-state index in [-0.39, 0.29) is 18.3 Å². The monoisotopic (exact) mass is 355 g/mol. The van der Waals surface area contributed by atoms with Crippen LogP contribution < -0.4 is 11.2 Å². The van der Waals surface area contributed by atoms with Gasteiger partial charge in [-0.25, -0.2) is 19.2 Å². The molecule has 0 saturated carbocycles. The zero-order valence-electron chi connectivity index (χ0n) is 14.0. The second-order valence-electron chi connectivity index (χ2n) is 5.90. The number of imidazole rings is 1. The number of hydrogen-bond acceptors (Lipinski definition) is 5. The van der Waals surface area contributed by atoms with Crippen LogP contribution in [0, 0.1) is 5.82 Å². The summed E-state index contributed by atoms with van der Waals surface area (Å²) in [6, 6.07) is 5.93. The van der Waals surface area contributed by atoms with Crippen LogP contribution in [0.3, 0.4) is 0 Å². The minimum atomic E-state index is -0.442. The summed E-state index contributed by atoms with van der Waals surface area (Å²) in [4.78, 5) is 32.9. The minimum absolute atomic E-state index is 0.225. The Morgan fingerprint density at radius 3 is 2.77 bits per heavy atom. The first-order chi connectivity index (χ1) is 12.5. The number of nitrogens with zero attached hydrogens (tertiary/aromatic N) is 5. The molecule has 0 aliphatic rings. The molecule has 0 atom stereocenters. The van der Waals surface area contributed by atoms with E-state index in [0.29, 0.717) is 22.4 Å². The quantitative estimate of drug-likeness (QED) is 0.552. The van der Waals surface area contributed by atoms with Crippen LogP contribution in [0.15, 0.2) is 50.9 Å². The molecule has 0 amide bonds. The lowest BCUT2D eigenvalue weighted by Crippen LogP contribution is -2.37. The summed E-state index contributed by atoms with van der Waals surface area (Å²) in [6.45, 7) is 0.225. The molecule has 3 aromatic heterocycles. The molecule has 132 valence electrons. The molecule has 0 radical (unpaired) electrons. The highest BCUT2D eigenvalue weighted by molar-refractivity contribution is 5.70. The van der Waals surface area contributed by atoms with Gasteiger partial charge in [0.1, 0.15) is 12.1 Å². The molecule has 4 rings (SSSR count). The van der Waals surface area contributed by atoms with E-state index in [1.807, 2.05) is 0 Å². The van der Waals surface area contributed by atoms with Gasteiger partial charge < -0.3 is 8.98 Å². The van der Waals surface area contributed by atoms with E-state index in [9.17, 15) is 14.0 Å². The van der Waals surface area contributed by atoms with E-state index in [0.717, 1.165) is 4.57 Å². The zero-order chi connectivity index (χ0) is 18.4. The fraction of sp³-hybridized carbons (Fsp3) is 0.176. The van der Waals surface area contributed by atoms with Gasteiger partial charge in [0.25, 0.3) is 5.56 Å². The Morgan fingerprint density at radius 1 is 1.19 bits per heavy atom. The lowest BCUT2D eigenvalue weighted by molar-refractivity contribution is 0.569. The van der Waals surface area contributed by atoms with Gasteiger partial charge in [-0.15, -0.1) is 0 Å². The first-order valence-corrected chi connectivity index (χ1v) is 7.77. The van der Waals surface area contributed by atoms with Crippen molar-refractivity contribution in [2.24, 2.45) is 14.1 Å². The largest absolute Gasteiger partial charge is 0.444 e. The molecule has 0 bridgehead atoms. The lowest BCUT2D eigenvalue weighted by Gasteiger charge is -2.05. The molecular weight excluding hydrogens is 341 g/mol. The van der Waals surface area contributed by atoms with Crippen LogP contribution >= 0.6 is 0 Å². The van der Waals surface area contributed by atoms with Crippen LogP contribution in [-0.2, 0) is 20.6 Å². The summed E-state index contributed by atoms with van der Waals surface area (Å²) < 4.78 is 22.7. The molecule has 9 heteroatoms. The summed E-state index contributed by atoms with van der Waals surface area (Å²) in [5, 5.41) is 0. The van der Waals surface area contributed by atoms with Crippen LogP contribution in [-0.4, -0.2) is 23.7 Å². The molecule has 1 aromatic carbocycles. The average Bonchev–Trinajstić information content (AvgIpc) is 3.26. The third-order valence-electron chi connectivity index (χ3n) is 4.17. The molecule has 8 nitrogen and oxygen atoms in total. The highest BCUT2D eigenvalue weighted by atomic mass is 19.1. The number of benzene rings is 1. The number of aryl methyl sites for hydroxylation is 1. The van der Waals surface area contributed by atoms with Crippen molar-refractivity contribution < 1.29 is 8.81 Å². The number of halogens is 1. The number of rotatable bonds is 3. The van der Waals surface area contributed by atoms with Crippen LogP contribution in [0.25, 0.3) is 22.6 Å². The molecule has 0 aliphatic heterocycles. The highest BCUT2D eigenvalue weighted by Crippen LogP contribution is 2.20. The molecule has 4 aromatic rings. The molecule has 3 heterocycles. The van der Waals surface area contributed by atoms with Gasteiger partial charge in [-0.3, -0.25) is 13.9 Å². The van der Waals surface area contributed by atoms with Crippen LogP contribution in [0.2, 0.25) is 0 Å². The van der Waals surface area contributed by atoms with E-state index in [4.69, 9.17) is 4.42 Å². The Kier molecular flexibility index (Phi) is 3.57. The molecular formula is C17H14FN5O3. The maximum absolute atomic E-state index is 13.3. The summed E-state index contributed by atoms with van der Waals surface area (Å²) in [6.07, 6.45) is 2.92. The predicted octanol–water partition coefficient (Wildman–Crippen LogP) is 1.28. The Balaban J connectivity index is 1.75. The Morgan fingerprint density at radius 2 is 2.00 bits per heavy atom. The zero-order valence-corrected chi connectivity index (χ0v) is 14.0. The first kappa shape index (κ1) is 16.0. The fourth-order valence-corrected chi connectivity index (χ4v) is 2.83. The maximum Gasteiger partial charge on any atom is 0.332 e. The molecule has 0 saturated heterocycles. The van der Waals surface area contributed by atoms with Gasteiger partial charge in [0, 0.05) is 19.7 Å². The number of fused-ring (bicyclic) bond motifs is 1. The van der Waals surface area contributed by atoms with Crippen LogP contribution in [0.1, 0.15) is 5.69 Å². The van der Waals surface area contributed by atoms with E-state index >= 15 is 0 Å². The number of oxazole rings is 1. The van der Waals surface area contributed by atoms with Crippen molar-refractivity contribution in [3.63, 3.8) is 0 Å². The highest BCUT2D eigenvalue weighted by Gasteiger charge is 2.16. The maximum atomic E-state index is 13.3. The van der Waals surface area contributed by atoms with Crippen LogP contribution in [0.4, 0.5) is 4.39 Å². The summed E-state index contributed by atoms with van der Waals surface area (Å²) in [5.41, 5.74) is 0.776. The molecule has 0 unspecified atom stereocenters. The third kappa shape index (κ3) is 2.44. The lowest BCUT2D eigenvalue weighted by atomic mass is 10.2. The first-order valence-electron chi connectivity index (χ1n) is 7.77. The van der Waals surface area contributed by atoms with Crippen molar-refractivity contribution in [1.82, 2.24) is 23.7 Å². The second kappa shape index (κ2) is 5.80. The number of hydrogen-bond donors (Lipinski definition) is 0. The molecule has 0 N–H and O–H groups in total. The van der Waals surface area contributed by atoms with Crippen molar-refractivity contribution in [1.29, 1.82) is 0 Å². The Labute approximate surface area is 145 Å². The van der Waals surface area contributed by atoms with E-state index in [1.54, 1.807) is 23.7 Å². The Bertz CT molecular complexity index is 1250. The van der Waals surface area contributed by atoms with Gasteiger partial charge in [-0.05, 0) is 18.2 Å². The van der Waals surface area contributed by atoms with Gasteiger partial charge in [0.05, 0.1) is 18.6 Å². The van der Waals surface area contributed by atoms with E-state index < -0.39 is 11.2 Å². The van der Waals surface area contributed by atoms with E-state index in [2.05, 4.69) is 9.97 Å². The third-order valence-corrected chi connectivity index (χ3v) is 4.17. The molecule has 0 aliphatic carbocycles. The van der Waals surface area contributed by atoms with Crippen molar-refractivity contribution >= 4 is 11.2 Å². The van der Waals surface area contributed by atoms with Crippen molar-refractivity contribution in [3.8, 4) is 11.5 Å². The minimum Gasteiger partial charge on any atom is -0.444 e. The van der Waals surface area contributed by atoms with Gasteiger partial charge >= 0.3 is 5.69 Å². The summed E-state index contributed by atoms with van der Waals surface area (Å²) >= 11 is 0. The van der Waals surface area contributed by atoms with Crippen molar-refractivity contribution in [2.75, 3.05) is 0 Å². The average molecular weight is 355 g/mol. The van der Waals surface area contributed by atoms with Crippen LogP contribution in [0.5, 0.6) is 0 Å². The topological polar surface area (TPSA) is 87.8 Å². The predicted molar refractivity (Wildman–Crippen MR) is 91.2 cm³/mol. The second-order valence-corrected chi connectivity index (χ2v) is 5.90. The molecule has 26 heavy (non-hydrogen) atoms. The van der Waals surface area contributed by atoms with E-state index in [1.165, 1.54) is 36.3 Å². The van der Waals surface area contributed by atoms with Crippen molar-refractivity contribution in [3.05, 3.63) is 69.2 Å². The number of aromatic nitrogens is 5. The smallest absolute Gasteiger partial charge is 0.332 e. The normalized spacial score (nSPS) is 11.3. The fourth-order valence-electron chi connectivity index (χ4n) is 2.83. The summed E-state index contributed by atoms with van der Waals surface area (Å²) in [7, 11) is 2.97. The van der Waals surface area contributed by atoms with Gasteiger partial charge in [0.2, 0.25) is 5.89 Å². The standard InChI is InChI=1S/C17H14FN5O3/c1-21-14-13(16(24)22(2)17(21)25)23(9-19-14)7-12-8-26-15(20-12)10-4-3-5-11(18)6-10/h3-6,8-9H,7H2,1-2H3. The molecule has 0 fully saturated rings. The van der Waals surface area contributed by atoms with Gasteiger partial charge in [-0.1, -0.05) is 6.07 Å².